The molecule has 0 aliphatic carbocycles. The summed E-state index contributed by atoms with van der Waals surface area (Å²) in [6.45, 7) is 2.07. The van der Waals surface area contributed by atoms with E-state index in [1.54, 1.807) is 0 Å². The van der Waals surface area contributed by atoms with Crippen LogP contribution in [0.1, 0.15) is 18.2 Å². The van der Waals surface area contributed by atoms with Crippen molar-refractivity contribution >= 4 is 23.1 Å². The number of pyridine rings is 1. The number of carbonyl (C=O) groups excluding carboxylic acids is 1. The molecular formula is C18H18N4O2. The molecule has 0 bridgehead atoms. The van der Waals surface area contributed by atoms with Gasteiger partial charge in [-0.3, -0.25) is 9.20 Å². The number of ether oxygens (including phenoxy) is 1. The van der Waals surface area contributed by atoms with E-state index in [4.69, 9.17) is 4.74 Å². The van der Waals surface area contributed by atoms with Crippen LogP contribution < -0.4 is 0 Å². The van der Waals surface area contributed by atoms with E-state index in [1.165, 1.54) is 7.11 Å². The Kier molecular flexibility index (Phi) is 4.65. The SMILES string of the molecule is CCc1ccccc1N=Nc1c(CC(=O)OC)nc2ccccn12. The minimum Gasteiger partial charge on any atom is -0.469 e. The summed E-state index contributed by atoms with van der Waals surface area (Å²) in [6, 6.07) is 13.5. The van der Waals surface area contributed by atoms with Crippen molar-refractivity contribution in [3.63, 3.8) is 0 Å². The van der Waals surface area contributed by atoms with Crippen LogP contribution >= 0.6 is 0 Å². The molecule has 6 heteroatoms. The highest BCUT2D eigenvalue weighted by Gasteiger charge is 2.15. The largest absolute Gasteiger partial charge is 0.469 e. The number of carbonyl (C=O) groups is 1. The Hall–Kier alpha value is -3.02. The quantitative estimate of drug-likeness (QED) is 0.526. The summed E-state index contributed by atoms with van der Waals surface area (Å²) in [5, 5.41) is 8.75. The van der Waals surface area contributed by atoms with E-state index in [0.717, 1.165) is 17.7 Å². The van der Waals surface area contributed by atoms with Gasteiger partial charge in [0.25, 0.3) is 0 Å². The lowest BCUT2D eigenvalue weighted by molar-refractivity contribution is -0.139. The summed E-state index contributed by atoms with van der Waals surface area (Å²) in [5.41, 5.74) is 3.19. The Labute approximate surface area is 139 Å². The highest BCUT2D eigenvalue weighted by molar-refractivity contribution is 5.74. The molecule has 0 amide bonds. The normalized spacial score (nSPS) is 11.2. The third-order valence-corrected chi connectivity index (χ3v) is 3.74. The number of hydrogen-bond acceptors (Lipinski definition) is 5. The highest BCUT2D eigenvalue weighted by Crippen LogP contribution is 2.26. The van der Waals surface area contributed by atoms with E-state index in [2.05, 4.69) is 22.1 Å². The summed E-state index contributed by atoms with van der Waals surface area (Å²) in [7, 11) is 1.36. The Morgan fingerprint density at radius 1 is 1.17 bits per heavy atom. The number of imidazole rings is 1. The summed E-state index contributed by atoms with van der Waals surface area (Å²) >= 11 is 0. The molecule has 0 saturated carbocycles. The number of azo groups is 1. The van der Waals surface area contributed by atoms with Crippen LogP contribution in [-0.4, -0.2) is 22.5 Å². The molecule has 0 unspecified atom stereocenters. The average Bonchev–Trinajstić information content (AvgIpc) is 2.97. The first-order chi connectivity index (χ1) is 11.7. The van der Waals surface area contributed by atoms with Crippen molar-refractivity contribution < 1.29 is 9.53 Å². The second kappa shape index (κ2) is 7.04. The zero-order valence-corrected chi connectivity index (χ0v) is 13.6. The van der Waals surface area contributed by atoms with E-state index in [1.807, 2.05) is 53.1 Å². The molecule has 0 aliphatic heterocycles. The maximum absolute atomic E-state index is 11.6. The minimum absolute atomic E-state index is 0.0575. The molecule has 6 nitrogen and oxygen atoms in total. The fourth-order valence-corrected chi connectivity index (χ4v) is 2.47. The standard InChI is InChI=1S/C18H18N4O2/c1-3-13-8-4-5-9-14(13)20-21-18-15(12-17(23)24-2)19-16-10-6-7-11-22(16)18/h4-11H,3,12H2,1-2H3. The first-order valence-electron chi connectivity index (χ1n) is 7.75. The second-order valence-corrected chi connectivity index (χ2v) is 5.25. The Bertz CT molecular complexity index is 899. The van der Waals surface area contributed by atoms with Crippen LogP contribution in [0.2, 0.25) is 0 Å². The van der Waals surface area contributed by atoms with Gasteiger partial charge in [-0.05, 0) is 30.2 Å². The first-order valence-corrected chi connectivity index (χ1v) is 7.75. The molecule has 122 valence electrons. The van der Waals surface area contributed by atoms with E-state index in [9.17, 15) is 4.79 Å². The molecule has 0 atom stereocenters. The zero-order valence-electron chi connectivity index (χ0n) is 13.6. The number of methoxy groups -OCH3 is 1. The predicted octanol–water partition coefficient (Wildman–Crippen LogP) is 4.03. The first kappa shape index (κ1) is 15.9. The number of nitrogens with zero attached hydrogens (tertiary/aromatic N) is 4. The van der Waals surface area contributed by atoms with Crippen molar-refractivity contribution in [1.29, 1.82) is 0 Å². The van der Waals surface area contributed by atoms with E-state index in [0.29, 0.717) is 17.2 Å². The molecule has 24 heavy (non-hydrogen) atoms. The van der Waals surface area contributed by atoms with Gasteiger partial charge in [0.05, 0.1) is 24.9 Å². The fraction of sp³-hybridized carbons (Fsp3) is 0.222. The maximum Gasteiger partial charge on any atom is 0.311 e. The van der Waals surface area contributed by atoms with Crippen LogP contribution in [0, 0.1) is 0 Å². The van der Waals surface area contributed by atoms with Gasteiger partial charge in [-0.2, -0.15) is 0 Å². The minimum atomic E-state index is -0.358. The van der Waals surface area contributed by atoms with Crippen LogP contribution in [0.4, 0.5) is 11.5 Å². The molecule has 1 aromatic carbocycles. The van der Waals surface area contributed by atoms with Gasteiger partial charge in [-0.15, -0.1) is 10.2 Å². The molecule has 3 rings (SSSR count). The van der Waals surface area contributed by atoms with Crippen LogP contribution in [-0.2, 0) is 22.4 Å². The average molecular weight is 322 g/mol. The summed E-state index contributed by atoms with van der Waals surface area (Å²) in [4.78, 5) is 16.1. The topological polar surface area (TPSA) is 68.3 Å². The molecule has 2 heterocycles. The fourth-order valence-electron chi connectivity index (χ4n) is 2.47. The van der Waals surface area contributed by atoms with Crippen molar-refractivity contribution in [2.45, 2.75) is 19.8 Å². The van der Waals surface area contributed by atoms with Crippen molar-refractivity contribution in [3.05, 3.63) is 59.9 Å². The number of fused-ring (bicyclic) bond motifs is 1. The number of benzene rings is 1. The molecular weight excluding hydrogens is 304 g/mol. The summed E-state index contributed by atoms with van der Waals surface area (Å²) in [5.74, 6) is 0.186. The number of esters is 1. The second-order valence-electron chi connectivity index (χ2n) is 5.25. The lowest BCUT2D eigenvalue weighted by atomic mass is 10.1. The molecule has 0 saturated heterocycles. The smallest absolute Gasteiger partial charge is 0.311 e. The van der Waals surface area contributed by atoms with Crippen molar-refractivity contribution in [2.75, 3.05) is 7.11 Å². The van der Waals surface area contributed by atoms with Crippen molar-refractivity contribution in [2.24, 2.45) is 10.2 Å². The summed E-state index contributed by atoms with van der Waals surface area (Å²) < 4.78 is 6.56. The maximum atomic E-state index is 11.6. The van der Waals surface area contributed by atoms with Gasteiger partial charge in [0.2, 0.25) is 0 Å². The zero-order chi connectivity index (χ0) is 16.9. The molecule has 0 aliphatic rings. The van der Waals surface area contributed by atoms with Crippen LogP contribution in [0.3, 0.4) is 0 Å². The van der Waals surface area contributed by atoms with Gasteiger partial charge < -0.3 is 4.74 Å². The lowest BCUT2D eigenvalue weighted by Crippen LogP contribution is -2.04. The van der Waals surface area contributed by atoms with Crippen molar-refractivity contribution in [3.8, 4) is 0 Å². The van der Waals surface area contributed by atoms with E-state index >= 15 is 0 Å². The third-order valence-electron chi connectivity index (χ3n) is 3.74. The molecule has 0 fully saturated rings. The molecule has 0 N–H and O–H groups in total. The van der Waals surface area contributed by atoms with Gasteiger partial charge in [0.15, 0.2) is 5.82 Å². The van der Waals surface area contributed by atoms with Crippen LogP contribution in [0.25, 0.3) is 5.65 Å². The van der Waals surface area contributed by atoms with Gasteiger partial charge in [-0.25, -0.2) is 4.98 Å². The molecule has 0 radical (unpaired) electrons. The van der Waals surface area contributed by atoms with Crippen LogP contribution in [0.15, 0.2) is 58.9 Å². The van der Waals surface area contributed by atoms with Gasteiger partial charge in [0.1, 0.15) is 5.65 Å². The molecule has 2 aromatic heterocycles. The number of hydrogen-bond donors (Lipinski definition) is 0. The monoisotopic (exact) mass is 322 g/mol. The number of aromatic nitrogens is 2. The Morgan fingerprint density at radius 2 is 1.96 bits per heavy atom. The van der Waals surface area contributed by atoms with Gasteiger partial charge in [0, 0.05) is 6.20 Å². The van der Waals surface area contributed by atoms with Gasteiger partial charge in [-0.1, -0.05) is 31.2 Å². The number of aryl methyl sites for hydroxylation is 1. The predicted molar refractivity (Wildman–Crippen MR) is 90.9 cm³/mol. The van der Waals surface area contributed by atoms with Crippen molar-refractivity contribution in [1.82, 2.24) is 9.38 Å². The van der Waals surface area contributed by atoms with Gasteiger partial charge >= 0.3 is 5.97 Å². The lowest BCUT2D eigenvalue weighted by Gasteiger charge is -2.01. The Morgan fingerprint density at radius 3 is 2.75 bits per heavy atom. The number of rotatable bonds is 5. The molecule has 3 aromatic rings. The van der Waals surface area contributed by atoms with Crippen LogP contribution in [0.5, 0.6) is 0 Å². The molecule has 0 spiro atoms. The Balaban J connectivity index is 2.05. The third kappa shape index (κ3) is 3.17. The van der Waals surface area contributed by atoms with E-state index in [-0.39, 0.29) is 12.4 Å². The summed E-state index contributed by atoms with van der Waals surface area (Å²) in [6.07, 6.45) is 2.78. The van der Waals surface area contributed by atoms with E-state index < -0.39 is 0 Å². The highest BCUT2D eigenvalue weighted by atomic mass is 16.5.